The summed E-state index contributed by atoms with van der Waals surface area (Å²) >= 11 is 0. The minimum absolute atomic E-state index is 0.153. The van der Waals surface area contributed by atoms with Gasteiger partial charge in [0.25, 0.3) is 0 Å². The van der Waals surface area contributed by atoms with Crippen LogP contribution in [0.3, 0.4) is 0 Å². The van der Waals surface area contributed by atoms with Gasteiger partial charge in [0, 0.05) is 6.26 Å². The van der Waals surface area contributed by atoms with Crippen molar-refractivity contribution in [1.29, 1.82) is 0 Å². The van der Waals surface area contributed by atoms with Crippen LogP contribution in [0.1, 0.15) is 36.9 Å². The largest absolute Gasteiger partial charge is 0.338 e. The number of nitrogens with zero attached hydrogens (tertiary/aromatic N) is 2. The quantitative estimate of drug-likeness (QED) is 0.779. The molecule has 1 aromatic rings. The average molecular weight is 219 g/mol. The molecule has 1 aromatic heterocycles. The highest BCUT2D eigenvalue weighted by atomic mass is 32.2. The van der Waals surface area contributed by atoms with E-state index in [1.165, 1.54) is 6.92 Å². The van der Waals surface area contributed by atoms with Gasteiger partial charge in [-0.3, -0.25) is 0 Å². The second-order valence-electron chi connectivity index (χ2n) is 3.25. The van der Waals surface area contributed by atoms with Gasteiger partial charge in [-0.1, -0.05) is 5.16 Å². The lowest BCUT2D eigenvalue weighted by molar-refractivity contribution is 0.357. The number of hydrogen-bond acceptors (Lipinski definition) is 6. The topological polar surface area (TPSA) is 99.1 Å². The van der Waals surface area contributed by atoms with Crippen molar-refractivity contribution >= 4 is 9.84 Å². The van der Waals surface area contributed by atoms with Crippen LogP contribution in [0.15, 0.2) is 4.52 Å². The molecular formula is C7H13N3O3S. The second kappa shape index (κ2) is 3.66. The Morgan fingerprint density at radius 2 is 2.00 bits per heavy atom. The molecule has 0 saturated heterocycles. The first-order chi connectivity index (χ1) is 6.32. The molecular weight excluding hydrogens is 206 g/mol. The molecule has 6 nitrogen and oxygen atoms in total. The first-order valence-electron chi connectivity index (χ1n) is 4.10. The lowest BCUT2D eigenvalue weighted by atomic mass is 10.4. The van der Waals surface area contributed by atoms with Crippen molar-refractivity contribution in [2.45, 2.75) is 25.1 Å². The van der Waals surface area contributed by atoms with E-state index in [0.717, 1.165) is 6.26 Å². The zero-order valence-corrected chi connectivity index (χ0v) is 9.08. The summed E-state index contributed by atoms with van der Waals surface area (Å²) in [7, 11) is -3.19. The fourth-order valence-electron chi connectivity index (χ4n) is 0.789. The SMILES string of the molecule is CC(c1noc([C@@H](C)N)n1)S(C)(=O)=O. The maximum atomic E-state index is 11.2. The molecule has 0 amide bonds. The zero-order chi connectivity index (χ0) is 10.9. The Hall–Kier alpha value is -0.950. The Morgan fingerprint density at radius 3 is 2.36 bits per heavy atom. The van der Waals surface area contributed by atoms with Crippen molar-refractivity contribution in [3.05, 3.63) is 11.7 Å². The molecule has 0 aliphatic heterocycles. The van der Waals surface area contributed by atoms with E-state index in [4.69, 9.17) is 10.3 Å². The normalized spacial score (nSPS) is 16.6. The van der Waals surface area contributed by atoms with Crippen LogP contribution in [0.4, 0.5) is 0 Å². The fraction of sp³-hybridized carbons (Fsp3) is 0.714. The van der Waals surface area contributed by atoms with E-state index in [1.54, 1.807) is 6.92 Å². The van der Waals surface area contributed by atoms with E-state index in [1.807, 2.05) is 0 Å². The van der Waals surface area contributed by atoms with E-state index in [2.05, 4.69) is 10.1 Å². The summed E-state index contributed by atoms with van der Waals surface area (Å²) in [6, 6.07) is -0.386. The lowest BCUT2D eigenvalue weighted by Gasteiger charge is -2.01. The van der Waals surface area contributed by atoms with Crippen LogP contribution < -0.4 is 5.73 Å². The van der Waals surface area contributed by atoms with Gasteiger partial charge in [0.05, 0.1) is 6.04 Å². The first kappa shape index (κ1) is 11.1. The van der Waals surface area contributed by atoms with Gasteiger partial charge in [0.2, 0.25) is 5.89 Å². The van der Waals surface area contributed by atoms with Gasteiger partial charge in [-0.05, 0) is 13.8 Å². The Balaban J connectivity index is 2.98. The van der Waals surface area contributed by atoms with Crippen LogP contribution in [0.2, 0.25) is 0 Å². The summed E-state index contributed by atoms with van der Waals surface area (Å²) in [5, 5.41) is 2.79. The highest BCUT2D eigenvalue weighted by Crippen LogP contribution is 2.18. The van der Waals surface area contributed by atoms with Crippen molar-refractivity contribution in [2.75, 3.05) is 6.26 Å². The van der Waals surface area contributed by atoms with E-state index in [0.29, 0.717) is 0 Å². The maximum absolute atomic E-state index is 11.2. The lowest BCUT2D eigenvalue weighted by Crippen LogP contribution is -2.10. The van der Waals surface area contributed by atoms with Gasteiger partial charge in [-0.15, -0.1) is 0 Å². The summed E-state index contributed by atoms with van der Waals surface area (Å²) in [4.78, 5) is 3.89. The van der Waals surface area contributed by atoms with Gasteiger partial charge in [-0.25, -0.2) is 8.42 Å². The molecule has 1 unspecified atom stereocenters. The number of nitrogens with two attached hydrogens (primary N) is 1. The van der Waals surface area contributed by atoms with E-state index in [9.17, 15) is 8.42 Å². The molecule has 0 radical (unpaired) electrons. The number of hydrogen-bond donors (Lipinski definition) is 1. The van der Waals surface area contributed by atoms with E-state index >= 15 is 0 Å². The minimum Gasteiger partial charge on any atom is -0.338 e. The maximum Gasteiger partial charge on any atom is 0.243 e. The van der Waals surface area contributed by atoms with Crippen molar-refractivity contribution in [2.24, 2.45) is 5.73 Å². The molecule has 0 spiro atoms. The van der Waals surface area contributed by atoms with E-state index < -0.39 is 15.1 Å². The monoisotopic (exact) mass is 219 g/mol. The fourth-order valence-corrected chi connectivity index (χ4v) is 1.27. The smallest absolute Gasteiger partial charge is 0.243 e. The predicted molar refractivity (Wildman–Crippen MR) is 50.2 cm³/mol. The molecule has 80 valence electrons. The first-order valence-corrected chi connectivity index (χ1v) is 6.05. The van der Waals surface area contributed by atoms with Crippen molar-refractivity contribution in [3.63, 3.8) is 0 Å². The highest BCUT2D eigenvalue weighted by molar-refractivity contribution is 7.90. The van der Waals surface area contributed by atoms with Gasteiger partial charge >= 0.3 is 0 Å². The van der Waals surface area contributed by atoms with Crippen molar-refractivity contribution < 1.29 is 12.9 Å². The van der Waals surface area contributed by atoms with Crippen LogP contribution in [-0.4, -0.2) is 24.8 Å². The molecule has 1 rings (SSSR count). The molecule has 0 aliphatic rings. The zero-order valence-electron chi connectivity index (χ0n) is 8.26. The molecule has 0 aromatic carbocycles. The molecule has 14 heavy (non-hydrogen) atoms. The molecule has 2 N–H and O–H groups in total. The van der Waals surface area contributed by atoms with Crippen LogP contribution in [0, 0.1) is 0 Å². The summed E-state index contributed by atoms with van der Waals surface area (Å²) in [6.07, 6.45) is 1.12. The molecule has 0 bridgehead atoms. The third-order valence-electron chi connectivity index (χ3n) is 1.85. The van der Waals surface area contributed by atoms with Gasteiger partial charge in [-0.2, -0.15) is 4.98 Å². The van der Waals surface area contributed by atoms with Crippen LogP contribution >= 0.6 is 0 Å². The Bertz CT molecular complexity index is 410. The number of aromatic nitrogens is 2. The number of sulfone groups is 1. The standard InChI is InChI=1S/C7H13N3O3S/c1-4(8)7-9-6(10-13-7)5(2)14(3,11)12/h4-5H,8H2,1-3H3/t4-,5?/m1/s1. The number of rotatable bonds is 3. The van der Waals surface area contributed by atoms with Crippen molar-refractivity contribution in [1.82, 2.24) is 10.1 Å². The highest BCUT2D eigenvalue weighted by Gasteiger charge is 2.23. The Morgan fingerprint density at radius 1 is 1.43 bits per heavy atom. The molecule has 2 atom stereocenters. The molecule has 1 heterocycles. The van der Waals surface area contributed by atoms with Gasteiger partial charge in [0.1, 0.15) is 5.25 Å². The van der Waals surface area contributed by atoms with E-state index in [-0.39, 0.29) is 17.8 Å². The Kier molecular flexibility index (Phi) is 2.91. The van der Waals surface area contributed by atoms with Crippen LogP contribution in [-0.2, 0) is 9.84 Å². The van der Waals surface area contributed by atoms with Crippen LogP contribution in [0.5, 0.6) is 0 Å². The van der Waals surface area contributed by atoms with Crippen molar-refractivity contribution in [3.8, 4) is 0 Å². The van der Waals surface area contributed by atoms with Gasteiger partial charge in [0.15, 0.2) is 15.7 Å². The van der Waals surface area contributed by atoms with Crippen LogP contribution in [0.25, 0.3) is 0 Å². The third kappa shape index (κ3) is 2.30. The molecule has 0 fully saturated rings. The molecule has 7 heteroatoms. The average Bonchev–Trinajstić information content (AvgIpc) is 2.48. The summed E-state index contributed by atoms with van der Waals surface area (Å²) in [6.45, 7) is 3.19. The second-order valence-corrected chi connectivity index (χ2v) is 5.62. The van der Waals surface area contributed by atoms with Gasteiger partial charge < -0.3 is 10.3 Å². The summed E-state index contributed by atoms with van der Waals surface area (Å²) < 4.78 is 27.1. The minimum atomic E-state index is -3.19. The Labute approximate surface area is 82.4 Å². The molecule has 0 saturated carbocycles. The molecule has 0 aliphatic carbocycles. The third-order valence-corrected chi connectivity index (χ3v) is 3.35. The summed E-state index contributed by atoms with van der Waals surface area (Å²) in [5.74, 6) is 0.398. The summed E-state index contributed by atoms with van der Waals surface area (Å²) in [5.41, 5.74) is 5.49. The predicted octanol–water partition coefficient (Wildman–Crippen LogP) is 0.195.